The Labute approximate surface area is 104 Å². The van der Waals surface area contributed by atoms with E-state index in [-0.39, 0.29) is 0 Å². The highest BCUT2D eigenvalue weighted by molar-refractivity contribution is 7.92. The molecule has 0 saturated carbocycles. The first-order chi connectivity index (χ1) is 7.80. The van der Waals surface area contributed by atoms with Crippen molar-refractivity contribution in [1.29, 1.82) is 0 Å². The lowest BCUT2D eigenvalue weighted by molar-refractivity contribution is -0.136. The minimum Gasteiger partial charge on any atom is -0.481 e. The molecule has 0 aliphatic rings. The van der Waals surface area contributed by atoms with Gasteiger partial charge in [-0.15, -0.1) is 0 Å². The van der Waals surface area contributed by atoms with Gasteiger partial charge in [-0.1, -0.05) is 17.7 Å². The summed E-state index contributed by atoms with van der Waals surface area (Å²) in [6, 6.07) is 4.73. The van der Waals surface area contributed by atoms with Crippen LogP contribution in [-0.4, -0.2) is 25.2 Å². The Kier molecular flexibility index (Phi) is 4.36. The second-order valence-corrected chi connectivity index (χ2v) is 5.78. The molecular formula is C10H12ClNO4S. The summed E-state index contributed by atoms with van der Waals surface area (Å²) < 4.78 is 25.2. The summed E-state index contributed by atoms with van der Waals surface area (Å²) in [4.78, 5) is 10.3. The maximum Gasteiger partial charge on any atom is 0.304 e. The number of anilines is 1. The van der Waals surface area contributed by atoms with Crippen molar-refractivity contribution in [3.8, 4) is 0 Å². The van der Waals surface area contributed by atoms with E-state index in [1.54, 1.807) is 19.1 Å². The number of hydrogen-bond donors (Lipinski definition) is 2. The summed E-state index contributed by atoms with van der Waals surface area (Å²) >= 11 is 5.84. The molecule has 0 atom stereocenters. The van der Waals surface area contributed by atoms with Crippen molar-refractivity contribution in [2.75, 3.05) is 10.5 Å². The van der Waals surface area contributed by atoms with Gasteiger partial charge in [0.2, 0.25) is 10.0 Å². The molecular weight excluding hydrogens is 266 g/mol. The van der Waals surface area contributed by atoms with Gasteiger partial charge in [-0.05, 0) is 24.6 Å². The number of carboxylic acids is 1. The molecule has 0 aromatic heterocycles. The number of sulfonamides is 1. The van der Waals surface area contributed by atoms with Gasteiger partial charge in [0.25, 0.3) is 0 Å². The molecule has 1 rings (SSSR count). The molecule has 0 fully saturated rings. The van der Waals surface area contributed by atoms with Crippen LogP contribution in [0.25, 0.3) is 0 Å². The number of benzene rings is 1. The summed E-state index contributed by atoms with van der Waals surface area (Å²) in [7, 11) is -3.65. The molecule has 5 nitrogen and oxygen atoms in total. The molecule has 0 bridgehead atoms. The third-order valence-electron chi connectivity index (χ3n) is 2.03. The lowest BCUT2D eigenvalue weighted by Gasteiger charge is -2.08. The van der Waals surface area contributed by atoms with Gasteiger partial charge >= 0.3 is 5.97 Å². The normalized spacial score (nSPS) is 11.2. The quantitative estimate of drug-likeness (QED) is 0.860. The highest BCUT2D eigenvalue weighted by Gasteiger charge is 2.13. The second-order valence-electron chi connectivity index (χ2n) is 3.53. The van der Waals surface area contributed by atoms with Gasteiger partial charge in [0.1, 0.15) is 0 Å². The molecule has 2 N–H and O–H groups in total. The zero-order valence-corrected chi connectivity index (χ0v) is 10.7. The summed E-state index contributed by atoms with van der Waals surface area (Å²) in [6.07, 6.45) is -0.436. The predicted octanol–water partition coefficient (Wildman–Crippen LogP) is 1.86. The van der Waals surface area contributed by atoms with Crippen LogP contribution in [0.15, 0.2) is 18.2 Å². The van der Waals surface area contributed by atoms with Crippen molar-refractivity contribution >= 4 is 33.3 Å². The Morgan fingerprint density at radius 2 is 2.12 bits per heavy atom. The Balaban J connectivity index is 2.76. The van der Waals surface area contributed by atoms with Crippen LogP contribution < -0.4 is 4.72 Å². The SMILES string of the molecule is Cc1ccc(NS(=O)(=O)CCC(=O)O)cc1Cl. The van der Waals surface area contributed by atoms with Crippen molar-refractivity contribution < 1.29 is 18.3 Å². The summed E-state index contributed by atoms with van der Waals surface area (Å²) in [5.41, 5.74) is 1.16. The lowest BCUT2D eigenvalue weighted by Crippen LogP contribution is -2.18. The maximum atomic E-state index is 11.5. The van der Waals surface area contributed by atoms with Crippen LogP contribution in [0.2, 0.25) is 5.02 Å². The minimum absolute atomic E-state index is 0.325. The van der Waals surface area contributed by atoms with E-state index in [4.69, 9.17) is 16.7 Å². The fourth-order valence-electron chi connectivity index (χ4n) is 1.11. The third kappa shape index (κ3) is 4.62. The number of hydrogen-bond acceptors (Lipinski definition) is 3. The molecule has 0 radical (unpaired) electrons. The molecule has 0 unspecified atom stereocenters. The fraction of sp³-hybridized carbons (Fsp3) is 0.300. The highest BCUT2D eigenvalue weighted by Crippen LogP contribution is 2.20. The number of aryl methyl sites for hydroxylation is 1. The van der Waals surface area contributed by atoms with Gasteiger partial charge in [-0.3, -0.25) is 9.52 Å². The first kappa shape index (κ1) is 13.8. The van der Waals surface area contributed by atoms with E-state index in [1.165, 1.54) is 6.07 Å². The Hall–Kier alpha value is -1.27. The van der Waals surface area contributed by atoms with Gasteiger partial charge in [-0.25, -0.2) is 8.42 Å². The third-order valence-corrected chi connectivity index (χ3v) is 3.73. The number of nitrogens with one attached hydrogen (secondary N) is 1. The fourth-order valence-corrected chi connectivity index (χ4v) is 2.32. The van der Waals surface area contributed by atoms with Gasteiger partial charge in [0.05, 0.1) is 12.2 Å². The highest BCUT2D eigenvalue weighted by atomic mass is 35.5. The Bertz CT molecular complexity index is 527. The van der Waals surface area contributed by atoms with Crippen LogP contribution in [0.1, 0.15) is 12.0 Å². The predicted molar refractivity (Wildman–Crippen MR) is 65.9 cm³/mol. The van der Waals surface area contributed by atoms with E-state index in [1.807, 2.05) is 0 Å². The molecule has 0 saturated heterocycles. The Morgan fingerprint density at radius 1 is 1.47 bits per heavy atom. The van der Waals surface area contributed by atoms with E-state index in [2.05, 4.69) is 4.72 Å². The molecule has 94 valence electrons. The Morgan fingerprint density at radius 3 is 2.65 bits per heavy atom. The van der Waals surface area contributed by atoms with Gasteiger partial charge in [0, 0.05) is 10.7 Å². The number of rotatable bonds is 5. The van der Waals surface area contributed by atoms with E-state index < -0.39 is 28.2 Å². The zero-order valence-electron chi connectivity index (χ0n) is 9.10. The van der Waals surface area contributed by atoms with Crippen LogP contribution in [0.5, 0.6) is 0 Å². The van der Waals surface area contributed by atoms with Crippen LogP contribution in [-0.2, 0) is 14.8 Å². The number of aliphatic carboxylic acids is 1. The van der Waals surface area contributed by atoms with E-state index in [0.29, 0.717) is 10.7 Å². The maximum absolute atomic E-state index is 11.5. The van der Waals surface area contributed by atoms with E-state index >= 15 is 0 Å². The minimum atomic E-state index is -3.65. The largest absolute Gasteiger partial charge is 0.481 e. The van der Waals surface area contributed by atoms with Crippen molar-refractivity contribution in [3.05, 3.63) is 28.8 Å². The summed E-state index contributed by atoms with van der Waals surface area (Å²) in [5.74, 6) is -1.62. The standard InChI is InChI=1S/C10H12ClNO4S/c1-7-2-3-8(6-9(7)11)12-17(15,16)5-4-10(13)14/h2-3,6,12H,4-5H2,1H3,(H,13,14). The number of carboxylic acid groups (broad SMARTS) is 1. The smallest absolute Gasteiger partial charge is 0.304 e. The zero-order chi connectivity index (χ0) is 13.1. The monoisotopic (exact) mass is 277 g/mol. The van der Waals surface area contributed by atoms with Gasteiger partial charge < -0.3 is 5.11 Å². The molecule has 1 aromatic rings. The molecule has 0 spiro atoms. The van der Waals surface area contributed by atoms with E-state index in [9.17, 15) is 13.2 Å². The van der Waals surface area contributed by atoms with Crippen molar-refractivity contribution in [1.82, 2.24) is 0 Å². The topological polar surface area (TPSA) is 83.5 Å². The molecule has 0 amide bonds. The van der Waals surface area contributed by atoms with Crippen LogP contribution in [0.4, 0.5) is 5.69 Å². The summed E-state index contributed by atoms with van der Waals surface area (Å²) in [6.45, 7) is 1.80. The van der Waals surface area contributed by atoms with Crippen LogP contribution in [0, 0.1) is 6.92 Å². The average Bonchev–Trinajstić information content (AvgIpc) is 2.21. The number of halogens is 1. The van der Waals surface area contributed by atoms with E-state index in [0.717, 1.165) is 5.56 Å². The number of carbonyl (C=O) groups is 1. The molecule has 0 heterocycles. The average molecular weight is 278 g/mol. The molecule has 17 heavy (non-hydrogen) atoms. The van der Waals surface area contributed by atoms with Crippen molar-refractivity contribution in [2.45, 2.75) is 13.3 Å². The molecule has 7 heteroatoms. The summed E-state index contributed by atoms with van der Waals surface area (Å²) in [5, 5.41) is 8.86. The van der Waals surface area contributed by atoms with Crippen molar-refractivity contribution in [3.63, 3.8) is 0 Å². The molecule has 0 aliphatic carbocycles. The second kappa shape index (κ2) is 5.37. The first-order valence-electron chi connectivity index (χ1n) is 4.78. The first-order valence-corrected chi connectivity index (χ1v) is 6.81. The van der Waals surface area contributed by atoms with Crippen molar-refractivity contribution in [2.24, 2.45) is 0 Å². The van der Waals surface area contributed by atoms with Gasteiger partial charge in [-0.2, -0.15) is 0 Å². The molecule has 1 aromatic carbocycles. The van der Waals surface area contributed by atoms with Crippen LogP contribution in [0.3, 0.4) is 0 Å². The van der Waals surface area contributed by atoms with Crippen LogP contribution >= 0.6 is 11.6 Å². The molecule has 0 aliphatic heterocycles. The lowest BCUT2D eigenvalue weighted by atomic mass is 10.2. The van der Waals surface area contributed by atoms with Gasteiger partial charge in [0.15, 0.2) is 0 Å².